The molecule has 0 saturated heterocycles. The molecule has 0 aromatic heterocycles. The summed E-state index contributed by atoms with van der Waals surface area (Å²) in [6.07, 6.45) is 0.156. The van der Waals surface area contributed by atoms with Gasteiger partial charge in [0, 0.05) is 24.5 Å². The number of benzene rings is 3. The van der Waals surface area contributed by atoms with Crippen LogP contribution in [0.3, 0.4) is 0 Å². The number of carbonyl (C=O) groups is 2. The third-order valence-corrected chi connectivity index (χ3v) is 5.55. The van der Waals surface area contributed by atoms with Crippen molar-refractivity contribution in [2.24, 2.45) is 0 Å². The molecule has 1 unspecified atom stereocenters. The average Bonchev–Trinajstić information content (AvgIpc) is 2.83. The number of urea groups is 1. The minimum Gasteiger partial charge on any atom is -0.364 e. The van der Waals surface area contributed by atoms with Crippen molar-refractivity contribution in [1.29, 1.82) is 0 Å². The number of nitrogens with zero attached hydrogens (tertiary/aromatic N) is 1. The van der Waals surface area contributed by atoms with Gasteiger partial charge in [0.25, 0.3) is 5.91 Å². The maximum absolute atomic E-state index is 12.9. The van der Waals surface area contributed by atoms with Gasteiger partial charge in [-0.3, -0.25) is 4.79 Å². The van der Waals surface area contributed by atoms with Crippen LogP contribution in [0.15, 0.2) is 78.9 Å². The van der Waals surface area contributed by atoms with E-state index in [0.29, 0.717) is 26.1 Å². The molecule has 32 heavy (non-hydrogen) atoms. The van der Waals surface area contributed by atoms with Crippen LogP contribution in [0.4, 0.5) is 16.2 Å². The van der Waals surface area contributed by atoms with E-state index in [-0.39, 0.29) is 11.9 Å². The number of amides is 3. The van der Waals surface area contributed by atoms with Gasteiger partial charge >= 0.3 is 6.03 Å². The van der Waals surface area contributed by atoms with Gasteiger partial charge in [0.05, 0.1) is 6.61 Å². The summed E-state index contributed by atoms with van der Waals surface area (Å²) in [5, 5.41) is 5.78. The number of fused-ring (bicyclic) bond motifs is 1. The van der Waals surface area contributed by atoms with Gasteiger partial charge in [-0.15, -0.1) is 0 Å². The van der Waals surface area contributed by atoms with E-state index >= 15 is 0 Å². The SMILES string of the molecule is CC(OCc1ccccc1)C(=O)N1CCc2c(cccc2NC(=O)Nc2ccccc2)C1. The van der Waals surface area contributed by atoms with Gasteiger partial charge < -0.3 is 20.3 Å². The zero-order chi connectivity index (χ0) is 22.3. The molecular weight excluding hydrogens is 402 g/mol. The van der Waals surface area contributed by atoms with E-state index in [1.807, 2.05) is 83.8 Å². The molecule has 3 aromatic rings. The molecule has 2 N–H and O–H groups in total. The predicted molar refractivity (Wildman–Crippen MR) is 125 cm³/mol. The molecule has 6 heteroatoms. The van der Waals surface area contributed by atoms with Crippen LogP contribution >= 0.6 is 0 Å². The summed E-state index contributed by atoms with van der Waals surface area (Å²) >= 11 is 0. The summed E-state index contributed by atoms with van der Waals surface area (Å²) in [5.74, 6) is -0.0215. The molecule has 3 aromatic carbocycles. The summed E-state index contributed by atoms with van der Waals surface area (Å²) in [6.45, 7) is 3.29. The number of rotatable bonds is 6. The molecule has 0 bridgehead atoms. The number of para-hydroxylation sites is 1. The molecular formula is C26H27N3O3. The number of hydrogen-bond donors (Lipinski definition) is 2. The van der Waals surface area contributed by atoms with Gasteiger partial charge in [-0.2, -0.15) is 0 Å². The predicted octanol–water partition coefficient (Wildman–Crippen LogP) is 4.82. The largest absolute Gasteiger partial charge is 0.364 e. The van der Waals surface area contributed by atoms with Gasteiger partial charge in [0.1, 0.15) is 6.10 Å². The van der Waals surface area contributed by atoms with Gasteiger partial charge in [0.15, 0.2) is 0 Å². The number of anilines is 2. The van der Waals surface area contributed by atoms with E-state index in [2.05, 4.69) is 10.6 Å². The Morgan fingerprint density at radius 2 is 1.66 bits per heavy atom. The quantitative estimate of drug-likeness (QED) is 0.590. The fourth-order valence-corrected chi connectivity index (χ4v) is 3.84. The monoisotopic (exact) mass is 429 g/mol. The van der Waals surface area contributed by atoms with E-state index in [0.717, 1.165) is 28.1 Å². The third-order valence-electron chi connectivity index (χ3n) is 5.55. The highest BCUT2D eigenvalue weighted by Gasteiger charge is 2.26. The fourth-order valence-electron chi connectivity index (χ4n) is 3.84. The smallest absolute Gasteiger partial charge is 0.323 e. The van der Waals surface area contributed by atoms with Crippen molar-refractivity contribution in [2.45, 2.75) is 32.6 Å². The van der Waals surface area contributed by atoms with Gasteiger partial charge in [-0.25, -0.2) is 4.79 Å². The van der Waals surface area contributed by atoms with Crippen molar-refractivity contribution in [1.82, 2.24) is 4.90 Å². The van der Waals surface area contributed by atoms with Gasteiger partial charge in [0.2, 0.25) is 0 Å². The van der Waals surface area contributed by atoms with Crippen LogP contribution in [0.5, 0.6) is 0 Å². The van der Waals surface area contributed by atoms with Crippen LogP contribution in [0.2, 0.25) is 0 Å². The molecule has 1 atom stereocenters. The van der Waals surface area contributed by atoms with Crippen LogP contribution in [-0.2, 0) is 29.1 Å². The Labute approximate surface area is 188 Å². The molecule has 1 heterocycles. The van der Waals surface area contributed by atoms with Crippen LogP contribution < -0.4 is 10.6 Å². The lowest BCUT2D eigenvalue weighted by Gasteiger charge is -2.32. The van der Waals surface area contributed by atoms with E-state index in [9.17, 15) is 9.59 Å². The number of nitrogens with one attached hydrogen (secondary N) is 2. The van der Waals surface area contributed by atoms with Crippen LogP contribution in [0.25, 0.3) is 0 Å². The highest BCUT2D eigenvalue weighted by molar-refractivity contribution is 6.00. The van der Waals surface area contributed by atoms with Crippen molar-refractivity contribution in [3.8, 4) is 0 Å². The molecule has 3 amide bonds. The normalized spacial score (nSPS) is 13.7. The van der Waals surface area contributed by atoms with Crippen LogP contribution in [0.1, 0.15) is 23.6 Å². The molecule has 0 saturated carbocycles. The maximum atomic E-state index is 12.9. The minimum atomic E-state index is -0.519. The average molecular weight is 430 g/mol. The first-order valence-electron chi connectivity index (χ1n) is 10.8. The first-order chi connectivity index (χ1) is 15.6. The highest BCUT2D eigenvalue weighted by Crippen LogP contribution is 2.27. The van der Waals surface area contributed by atoms with Crippen LogP contribution in [-0.4, -0.2) is 29.5 Å². The zero-order valence-electron chi connectivity index (χ0n) is 18.1. The summed E-state index contributed by atoms with van der Waals surface area (Å²) in [7, 11) is 0. The van der Waals surface area contributed by atoms with Crippen molar-refractivity contribution in [2.75, 3.05) is 17.2 Å². The third kappa shape index (κ3) is 5.34. The Balaban J connectivity index is 1.36. The lowest BCUT2D eigenvalue weighted by Crippen LogP contribution is -2.42. The Hall–Kier alpha value is -3.64. The fraction of sp³-hybridized carbons (Fsp3) is 0.231. The number of hydrogen-bond acceptors (Lipinski definition) is 3. The Bertz CT molecular complexity index is 1070. The molecule has 0 spiro atoms. The van der Waals surface area contributed by atoms with Gasteiger partial charge in [-0.1, -0.05) is 60.7 Å². The molecule has 0 aliphatic carbocycles. The Kier molecular flexibility index (Phi) is 6.82. The Morgan fingerprint density at radius 1 is 0.938 bits per heavy atom. The number of ether oxygens (including phenoxy) is 1. The van der Waals surface area contributed by atoms with E-state index in [1.54, 1.807) is 6.92 Å². The molecule has 0 radical (unpaired) electrons. The summed E-state index contributed by atoms with van der Waals surface area (Å²) in [4.78, 5) is 27.2. The molecule has 1 aliphatic heterocycles. The van der Waals surface area contributed by atoms with E-state index in [1.165, 1.54) is 0 Å². The lowest BCUT2D eigenvalue weighted by molar-refractivity contribution is -0.144. The van der Waals surface area contributed by atoms with Crippen molar-refractivity contribution >= 4 is 23.3 Å². The second kappa shape index (κ2) is 10.1. The standard InChI is InChI=1S/C26H27N3O3/c1-19(32-18-20-9-4-2-5-10-20)25(30)29-16-15-23-21(17-29)11-8-14-24(23)28-26(31)27-22-12-6-3-7-13-22/h2-14,19H,15-18H2,1H3,(H2,27,28,31). The van der Waals surface area contributed by atoms with E-state index < -0.39 is 6.10 Å². The van der Waals surface area contributed by atoms with Crippen molar-refractivity contribution < 1.29 is 14.3 Å². The zero-order valence-corrected chi connectivity index (χ0v) is 18.1. The molecule has 6 nitrogen and oxygen atoms in total. The maximum Gasteiger partial charge on any atom is 0.323 e. The Morgan fingerprint density at radius 3 is 2.41 bits per heavy atom. The first kappa shape index (κ1) is 21.6. The summed E-state index contributed by atoms with van der Waals surface area (Å²) in [6, 6.07) is 24.7. The van der Waals surface area contributed by atoms with Crippen LogP contribution in [0, 0.1) is 0 Å². The second-order valence-electron chi connectivity index (χ2n) is 7.84. The summed E-state index contributed by atoms with van der Waals surface area (Å²) in [5.41, 5.74) is 4.66. The molecule has 4 rings (SSSR count). The summed E-state index contributed by atoms with van der Waals surface area (Å²) < 4.78 is 5.81. The highest BCUT2D eigenvalue weighted by atomic mass is 16.5. The minimum absolute atomic E-state index is 0.0215. The first-order valence-corrected chi connectivity index (χ1v) is 10.8. The molecule has 164 valence electrons. The van der Waals surface area contributed by atoms with Crippen molar-refractivity contribution in [3.63, 3.8) is 0 Å². The molecule has 0 fully saturated rings. The van der Waals surface area contributed by atoms with Crippen molar-refractivity contribution in [3.05, 3.63) is 95.6 Å². The van der Waals surface area contributed by atoms with Gasteiger partial charge in [-0.05, 0) is 48.2 Å². The molecule has 1 aliphatic rings. The number of carbonyl (C=O) groups excluding carboxylic acids is 2. The topological polar surface area (TPSA) is 70.7 Å². The second-order valence-corrected chi connectivity index (χ2v) is 7.84. The van der Waals surface area contributed by atoms with E-state index in [4.69, 9.17) is 4.74 Å². The lowest BCUT2D eigenvalue weighted by atomic mass is 9.97.